The second kappa shape index (κ2) is 7.54. The molecule has 5 nitrogen and oxygen atoms in total. The number of carbonyl (C=O) groups excluding carboxylic acids is 1. The lowest BCUT2D eigenvalue weighted by Crippen LogP contribution is -2.29. The van der Waals surface area contributed by atoms with Gasteiger partial charge in [0.2, 0.25) is 5.91 Å². The van der Waals surface area contributed by atoms with Gasteiger partial charge >= 0.3 is 0 Å². The Morgan fingerprint density at radius 3 is 2.92 bits per heavy atom. The van der Waals surface area contributed by atoms with Crippen molar-refractivity contribution in [3.63, 3.8) is 0 Å². The number of nitrogens with one attached hydrogen (secondary N) is 1. The minimum Gasteiger partial charge on any atom is -0.342 e. The summed E-state index contributed by atoms with van der Waals surface area (Å²) >= 11 is 4.64. The van der Waals surface area contributed by atoms with Crippen LogP contribution in [0.15, 0.2) is 27.7 Å². The predicted molar refractivity (Wildman–Crippen MR) is 110 cm³/mol. The van der Waals surface area contributed by atoms with Gasteiger partial charge in [0.25, 0.3) is 5.56 Å². The number of carbonyl (C=O) groups is 1. The highest BCUT2D eigenvalue weighted by atomic mass is 32.2. The molecular weight excluding hydrogens is 386 g/mol. The Morgan fingerprint density at radius 1 is 1.38 bits per heavy atom. The summed E-state index contributed by atoms with van der Waals surface area (Å²) in [6.45, 7) is 3.73. The van der Waals surface area contributed by atoms with Crippen LogP contribution in [0.5, 0.6) is 0 Å². The van der Waals surface area contributed by atoms with E-state index < -0.39 is 0 Å². The topological polar surface area (TPSA) is 66.1 Å². The molecule has 1 aliphatic rings. The van der Waals surface area contributed by atoms with Crippen LogP contribution in [-0.4, -0.2) is 39.6 Å². The highest BCUT2D eigenvalue weighted by molar-refractivity contribution is 8.00. The number of thioether (sulfide) groups is 1. The van der Waals surface area contributed by atoms with E-state index in [1.807, 2.05) is 34.7 Å². The van der Waals surface area contributed by atoms with E-state index in [-0.39, 0.29) is 16.7 Å². The second-order valence-electron chi connectivity index (χ2n) is 6.30. The van der Waals surface area contributed by atoms with E-state index >= 15 is 0 Å². The van der Waals surface area contributed by atoms with Gasteiger partial charge in [0.05, 0.1) is 16.4 Å². The Hall–Kier alpha value is -1.64. The second-order valence-corrected chi connectivity index (χ2v) is 9.43. The molecule has 8 heteroatoms. The Kier molecular flexibility index (Phi) is 5.15. The van der Waals surface area contributed by atoms with Crippen molar-refractivity contribution in [2.75, 3.05) is 18.8 Å². The van der Waals surface area contributed by atoms with E-state index in [9.17, 15) is 9.59 Å². The summed E-state index contributed by atoms with van der Waals surface area (Å²) in [4.78, 5) is 36.2. The first-order valence-corrected chi connectivity index (χ1v) is 11.4. The lowest BCUT2D eigenvalue weighted by Gasteiger charge is -2.16. The first-order valence-electron chi connectivity index (χ1n) is 8.58. The average Bonchev–Trinajstić information content (AvgIpc) is 3.39. The van der Waals surface area contributed by atoms with E-state index in [4.69, 9.17) is 0 Å². The van der Waals surface area contributed by atoms with Crippen LogP contribution in [0.1, 0.15) is 30.8 Å². The van der Waals surface area contributed by atoms with Gasteiger partial charge in [-0.1, -0.05) is 6.07 Å². The summed E-state index contributed by atoms with van der Waals surface area (Å²) in [5, 5.41) is 4.62. The molecule has 1 N–H and O–H groups in total. The summed E-state index contributed by atoms with van der Waals surface area (Å²) in [6, 6.07) is 4.00. The monoisotopic (exact) mass is 405 g/mol. The van der Waals surface area contributed by atoms with Gasteiger partial charge in [-0.2, -0.15) is 0 Å². The van der Waals surface area contributed by atoms with E-state index in [2.05, 4.69) is 9.97 Å². The summed E-state index contributed by atoms with van der Waals surface area (Å²) in [5.41, 5.74) is 0.845. The van der Waals surface area contributed by atoms with Crippen LogP contribution in [0.2, 0.25) is 0 Å². The molecule has 4 heterocycles. The molecule has 1 aliphatic heterocycles. The van der Waals surface area contributed by atoms with Crippen LogP contribution in [0.4, 0.5) is 0 Å². The summed E-state index contributed by atoms with van der Waals surface area (Å²) < 4.78 is 0. The maximum atomic E-state index is 12.7. The van der Waals surface area contributed by atoms with Crippen LogP contribution < -0.4 is 5.56 Å². The third-order valence-electron chi connectivity index (χ3n) is 4.55. The van der Waals surface area contributed by atoms with Crippen molar-refractivity contribution in [3.05, 3.63) is 39.1 Å². The molecule has 1 saturated heterocycles. The average molecular weight is 406 g/mol. The van der Waals surface area contributed by atoms with Crippen molar-refractivity contribution in [1.82, 2.24) is 14.9 Å². The molecule has 1 fully saturated rings. The Balaban J connectivity index is 1.53. The molecule has 3 aromatic rings. The van der Waals surface area contributed by atoms with Gasteiger partial charge in [0, 0.05) is 28.9 Å². The number of H-pyrrole nitrogens is 1. The number of amides is 1. The highest BCUT2D eigenvalue weighted by Gasteiger charge is 2.21. The molecule has 26 heavy (non-hydrogen) atoms. The van der Waals surface area contributed by atoms with Crippen molar-refractivity contribution < 1.29 is 4.79 Å². The molecule has 1 atom stereocenters. The number of aromatic amines is 1. The zero-order chi connectivity index (χ0) is 18.1. The summed E-state index contributed by atoms with van der Waals surface area (Å²) in [7, 11) is 0. The van der Waals surface area contributed by atoms with Gasteiger partial charge in [-0.25, -0.2) is 4.98 Å². The van der Waals surface area contributed by atoms with Crippen LogP contribution >= 0.6 is 34.4 Å². The Labute approximate surface area is 163 Å². The number of fused-ring (bicyclic) bond motifs is 1. The predicted octanol–water partition coefficient (Wildman–Crippen LogP) is 4.13. The SMILES string of the molecule is C[C@@H](SCC(=O)N1CCCC1)c1nc2scc(-c3cccs3)c2c(=O)[nH]1. The van der Waals surface area contributed by atoms with Gasteiger partial charge in [-0.05, 0) is 31.2 Å². The maximum absolute atomic E-state index is 12.7. The van der Waals surface area contributed by atoms with E-state index in [1.54, 1.807) is 11.3 Å². The fraction of sp³-hybridized carbons (Fsp3) is 0.389. The van der Waals surface area contributed by atoms with Gasteiger partial charge in [-0.15, -0.1) is 34.4 Å². The van der Waals surface area contributed by atoms with Gasteiger partial charge in [-0.3, -0.25) is 9.59 Å². The third-order valence-corrected chi connectivity index (χ3v) is 7.46. The largest absolute Gasteiger partial charge is 0.342 e. The highest BCUT2D eigenvalue weighted by Crippen LogP contribution is 2.34. The fourth-order valence-electron chi connectivity index (χ4n) is 3.10. The number of likely N-dealkylation sites (tertiary alicyclic amines) is 1. The lowest BCUT2D eigenvalue weighted by molar-refractivity contribution is -0.127. The van der Waals surface area contributed by atoms with E-state index in [0.717, 1.165) is 41.2 Å². The summed E-state index contributed by atoms with van der Waals surface area (Å²) in [6.07, 6.45) is 2.20. The molecule has 0 aromatic carbocycles. The van der Waals surface area contributed by atoms with Crippen LogP contribution in [0.3, 0.4) is 0 Å². The number of hydrogen-bond donors (Lipinski definition) is 1. The number of nitrogens with zero attached hydrogens (tertiary/aromatic N) is 2. The molecule has 0 saturated carbocycles. The molecule has 0 spiro atoms. The number of thiophene rings is 2. The molecule has 0 aliphatic carbocycles. The molecule has 136 valence electrons. The number of hydrogen-bond acceptors (Lipinski definition) is 6. The minimum absolute atomic E-state index is 0.0362. The number of aromatic nitrogens is 2. The van der Waals surface area contributed by atoms with Crippen LogP contribution in [-0.2, 0) is 4.79 Å². The molecule has 4 rings (SSSR count). The van der Waals surface area contributed by atoms with Crippen molar-refractivity contribution in [1.29, 1.82) is 0 Å². The summed E-state index contributed by atoms with van der Waals surface area (Å²) in [5.74, 6) is 1.24. The van der Waals surface area contributed by atoms with E-state index in [0.29, 0.717) is 17.0 Å². The van der Waals surface area contributed by atoms with Crippen LogP contribution in [0, 0.1) is 0 Å². The first kappa shape index (κ1) is 17.8. The third kappa shape index (κ3) is 3.45. The molecular formula is C18H19N3O2S3. The van der Waals surface area contributed by atoms with Crippen LogP contribution in [0.25, 0.3) is 20.7 Å². The quantitative estimate of drug-likeness (QED) is 0.693. The molecule has 1 amide bonds. The molecule has 3 aromatic heterocycles. The Bertz CT molecular complexity index is 971. The molecule has 0 radical (unpaired) electrons. The normalized spacial score (nSPS) is 15.7. The fourth-order valence-corrected chi connectivity index (χ4v) is 5.72. The van der Waals surface area contributed by atoms with Crippen molar-refractivity contribution in [2.24, 2.45) is 0 Å². The van der Waals surface area contributed by atoms with Gasteiger partial charge in [0.1, 0.15) is 10.7 Å². The number of rotatable bonds is 5. The zero-order valence-corrected chi connectivity index (χ0v) is 16.8. The van der Waals surface area contributed by atoms with Gasteiger partial charge in [0.15, 0.2) is 0 Å². The van der Waals surface area contributed by atoms with Gasteiger partial charge < -0.3 is 9.88 Å². The smallest absolute Gasteiger partial charge is 0.260 e. The first-order chi connectivity index (χ1) is 12.6. The van der Waals surface area contributed by atoms with Crippen molar-refractivity contribution in [3.8, 4) is 10.4 Å². The van der Waals surface area contributed by atoms with Crippen molar-refractivity contribution >= 4 is 50.6 Å². The van der Waals surface area contributed by atoms with E-state index in [1.165, 1.54) is 23.1 Å². The molecule has 0 unspecified atom stereocenters. The minimum atomic E-state index is -0.104. The zero-order valence-electron chi connectivity index (χ0n) is 14.4. The maximum Gasteiger partial charge on any atom is 0.260 e. The standard InChI is InChI=1S/C18H19N3O2S3/c1-11(25-10-14(22)21-6-2-3-7-21)16-19-17(23)15-12(9-26-18(15)20-16)13-5-4-8-24-13/h4-5,8-9,11H,2-3,6-7,10H2,1H3,(H,19,20,23)/t11-/m1/s1. The Morgan fingerprint density at radius 2 is 2.19 bits per heavy atom. The van der Waals surface area contributed by atoms with Crippen molar-refractivity contribution in [2.45, 2.75) is 25.0 Å². The molecule has 0 bridgehead atoms. The lowest BCUT2D eigenvalue weighted by atomic mass is 10.2.